The highest BCUT2D eigenvalue weighted by atomic mass is 32.1. The van der Waals surface area contributed by atoms with E-state index in [1.54, 1.807) is 0 Å². The van der Waals surface area contributed by atoms with Crippen LogP contribution in [0.1, 0.15) is 0 Å². The molecule has 0 bridgehead atoms. The molecule has 0 aliphatic carbocycles. The van der Waals surface area contributed by atoms with Crippen LogP contribution in [0.15, 0.2) is 144 Å². The fourth-order valence-electron chi connectivity index (χ4n) is 6.72. The summed E-state index contributed by atoms with van der Waals surface area (Å²) in [5.41, 5.74) is 7.74. The maximum Gasteiger partial charge on any atom is 0.0428 e. The summed E-state index contributed by atoms with van der Waals surface area (Å²) in [6.07, 6.45) is 0. The fraction of sp³-hybridized carbons (Fsp3) is 0. The molecule has 0 aliphatic rings. The van der Waals surface area contributed by atoms with Crippen LogP contribution in [0.5, 0.6) is 0 Å². The molecule has 4 heteroatoms. The maximum atomic E-state index is 2.36. The van der Waals surface area contributed by atoms with Gasteiger partial charge in [-0.2, -0.15) is 0 Å². The highest BCUT2D eigenvalue weighted by Crippen LogP contribution is 2.44. The van der Waals surface area contributed by atoms with Crippen LogP contribution in [0.2, 0.25) is 0 Å². The average Bonchev–Trinajstić information content (AvgIpc) is 3.92. The van der Waals surface area contributed by atoms with Crippen LogP contribution in [-0.2, 0) is 0 Å². The third kappa shape index (κ3) is 4.22. The van der Waals surface area contributed by atoms with Gasteiger partial charge in [0.05, 0.1) is 0 Å². The van der Waals surface area contributed by atoms with Crippen molar-refractivity contribution >= 4 is 96.5 Å². The average molecular weight is 657 g/mol. The first kappa shape index (κ1) is 26.6. The molecule has 0 saturated carbocycles. The van der Waals surface area contributed by atoms with Gasteiger partial charge in [0, 0.05) is 61.2 Å². The van der Waals surface area contributed by atoms with Crippen LogP contribution in [-0.4, -0.2) is 0 Å². The van der Waals surface area contributed by atoms with Crippen molar-refractivity contribution in [3.63, 3.8) is 0 Å². The van der Waals surface area contributed by atoms with Crippen LogP contribution in [0.3, 0.4) is 0 Å². The smallest absolute Gasteiger partial charge is 0.0428 e. The number of hydrogen-bond donors (Lipinski definition) is 0. The van der Waals surface area contributed by atoms with Gasteiger partial charge in [-0.05, 0) is 68.1 Å². The molecule has 4 heterocycles. The Morgan fingerprint density at radius 2 is 0.761 bits per heavy atom. The number of fused-ring (bicyclic) bond motifs is 7. The van der Waals surface area contributed by atoms with Crippen LogP contribution >= 0.6 is 45.3 Å². The van der Waals surface area contributed by atoms with Gasteiger partial charge >= 0.3 is 0 Å². The van der Waals surface area contributed by atoms with Crippen molar-refractivity contribution < 1.29 is 0 Å². The molecule has 0 spiro atoms. The second-order valence-corrected chi connectivity index (χ2v) is 15.7. The Kier molecular flexibility index (Phi) is 6.06. The first-order valence-corrected chi connectivity index (χ1v) is 18.7. The molecule has 0 aliphatic heterocycles. The van der Waals surface area contributed by atoms with Crippen LogP contribution < -0.4 is 0 Å². The van der Waals surface area contributed by atoms with Gasteiger partial charge < -0.3 is 0 Å². The number of thiophene rings is 4. The van der Waals surface area contributed by atoms with Gasteiger partial charge in [-0.25, -0.2) is 0 Å². The summed E-state index contributed by atoms with van der Waals surface area (Å²) in [4.78, 5) is 2.63. The monoisotopic (exact) mass is 656 g/mol. The largest absolute Gasteiger partial charge is 0.143 e. The van der Waals surface area contributed by atoms with E-state index in [9.17, 15) is 0 Å². The van der Waals surface area contributed by atoms with E-state index in [2.05, 4.69) is 144 Å². The van der Waals surface area contributed by atoms with Crippen LogP contribution in [0.25, 0.3) is 94.3 Å². The van der Waals surface area contributed by atoms with Crippen molar-refractivity contribution in [3.8, 4) is 43.1 Å². The van der Waals surface area contributed by atoms with Gasteiger partial charge in [0.15, 0.2) is 0 Å². The second-order valence-electron chi connectivity index (χ2n) is 11.7. The number of rotatable bonds is 4. The van der Waals surface area contributed by atoms with Crippen molar-refractivity contribution in [1.82, 2.24) is 0 Å². The Labute approximate surface area is 282 Å². The van der Waals surface area contributed by atoms with E-state index in [1.165, 1.54) is 94.3 Å². The minimum atomic E-state index is 1.27. The first-order chi connectivity index (χ1) is 22.8. The lowest BCUT2D eigenvalue weighted by Gasteiger charge is -2.03. The molecule has 0 atom stereocenters. The SMILES string of the molecule is c1ccc2c(-c3ccc(-c4cc5ccc6c(ccc7cc(-c8ccc(-c9csc%10ccccc9%10)cc8)sc76)c5s4)cc3)csc2c1. The van der Waals surface area contributed by atoms with E-state index >= 15 is 0 Å². The molecular weight excluding hydrogens is 633 g/mol. The Morgan fingerprint density at radius 3 is 1.22 bits per heavy atom. The molecule has 6 aromatic carbocycles. The van der Waals surface area contributed by atoms with Gasteiger partial charge in [0.1, 0.15) is 0 Å². The molecule has 0 radical (unpaired) electrons. The lowest BCUT2D eigenvalue weighted by atomic mass is 10.0. The minimum Gasteiger partial charge on any atom is -0.143 e. The van der Waals surface area contributed by atoms with Gasteiger partial charge in [-0.3, -0.25) is 0 Å². The normalized spacial score (nSPS) is 11.9. The minimum absolute atomic E-state index is 1.27. The summed E-state index contributed by atoms with van der Waals surface area (Å²) >= 11 is 7.45. The molecule has 0 amide bonds. The van der Waals surface area contributed by atoms with Crippen molar-refractivity contribution in [2.75, 3.05) is 0 Å². The zero-order valence-corrected chi connectivity index (χ0v) is 27.8. The van der Waals surface area contributed by atoms with Gasteiger partial charge in [-0.1, -0.05) is 109 Å². The van der Waals surface area contributed by atoms with Gasteiger partial charge in [-0.15, -0.1) is 45.3 Å². The lowest BCUT2D eigenvalue weighted by molar-refractivity contribution is 1.68. The third-order valence-corrected chi connectivity index (χ3v) is 13.5. The predicted octanol–water partition coefficient (Wildman–Crippen LogP) is 14.4. The van der Waals surface area contributed by atoms with Crippen molar-refractivity contribution in [2.45, 2.75) is 0 Å². The number of benzene rings is 6. The van der Waals surface area contributed by atoms with Crippen molar-refractivity contribution in [3.05, 3.63) is 144 Å². The summed E-state index contributed by atoms with van der Waals surface area (Å²) in [5, 5.41) is 12.5. The second kappa shape index (κ2) is 10.5. The molecule has 216 valence electrons. The molecule has 0 saturated heterocycles. The predicted molar refractivity (Wildman–Crippen MR) is 207 cm³/mol. The molecular formula is C42H24S4. The molecule has 10 rings (SSSR count). The Balaban J connectivity index is 0.995. The third-order valence-electron chi connectivity index (χ3n) is 9.08. The van der Waals surface area contributed by atoms with E-state index < -0.39 is 0 Å². The fourth-order valence-corrected chi connectivity index (χ4v) is 11.0. The molecule has 4 aromatic heterocycles. The summed E-state index contributed by atoms with van der Waals surface area (Å²) < 4.78 is 5.41. The molecule has 0 nitrogen and oxygen atoms in total. The molecule has 0 N–H and O–H groups in total. The number of hydrogen-bond acceptors (Lipinski definition) is 4. The topological polar surface area (TPSA) is 0 Å². The van der Waals surface area contributed by atoms with Crippen LogP contribution in [0.4, 0.5) is 0 Å². The molecule has 46 heavy (non-hydrogen) atoms. The Morgan fingerprint density at radius 1 is 0.348 bits per heavy atom. The van der Waals surface area contributed by atoms with Gasteiger partial charge in [0.2, 0.25) is 0 Å². The summed E-state index contributed by atoms with van der Waals surface area (Å²) in [7, 11) is 0. The zero-order valence-electron chi connectivity index (χ0n) is 24.5. The molecule has 0 fully saturated rings. The quantitative estimate of drug-likeness (QED) is 0.177. The summed E-state index contributed by atoms with van der Waals surface area (Å²) in [6.45, 7) is 0. The van der Waals surface area contributed by atoms with E-state index in [-0.39, 0.29) is 0 Å². The van der Waals surface area contributed by atoms with E-state index in [4.69, 9.17) is 0 Å². The first-order valence-electron chi connectivity index (χ1n) is 15.3. The molecule has 0 unspecified atom stereocenters. The Hall–Kier alpha value is -4.58. The highest BCUT2D eigenvalue weighted by Gasteiger charge is 2.14. The van der Waals surface area contributed by atoms with Crippen molar-refractivity contribution in [1.29, 1.82) is 0 Å². The van der Waals surface area contributed by atoms with E-state index in [0.29, 0.717) is 0 Å². The Bertz CT molecular complexity index is 2540. The maximum absolute atomic E-state index is 2.36. The summed E-state index contributed by atoms with van der Waals surface area (Å²) in [5.74, 6) is 0. The summed E-state index contributed by atoms with van der Waals surface area (Å²) in [6, 6.07) is 49.6. The standard InChI is InChI=1S/C42H24S4/c1-3-7-37-31(5-1)35(23-43-37)25-9-13-27(14-10-25)39-21-29-17-19-34-33(41(29)45-39)20-18-30-22-40(46-42(30)34)28-15-11-26(12-16-28)36-24-44-38-8-4-2-6-32(36)38/h1-24H. The highest BCUT2D eigenvalue weighted by molar-refractivity contribution is 7.24. The lowest BCUT2D eigenvalue weighted by Crippen LogP contribution is -1.77. The molecule has 10 aromatic rings. The van der Waals surface area contributed by atoms with E-state index in [0.717, 1.165) is 0 Å². The van der Waals surface area contributed by atoms with E-state index in [1.807, 2.05) is 45.3 Å². The van der Waals surface area contributed by atoms with Gasteiger partial charge in [0.25, 0.3) is 0 Å². The van der Waals surface area contributed by atoms with Crippen LogP contribution in [0, 0.1) is 0 Å². The van der Waals surface area contributed by atoms with Crippen molar-refractivity contribution in [2.24, 2.45) is 0 Å². The zero-order chi connectivity index (χ0) is 30.2.